The highest BCUT2D eigenvalue weighted by Crippen LogP contribution is 2.42. The summed E-state index contributed by atoms with van der Waals surface area (Å²) in [6, 6.07) is 13.4. The number of aromatic carboxylic acids is 2. The highest BCUT2D eigenvalue weighted by Gasteiger charge is 2.37. The molecule has 5 rings (SSSR count). The van der Waals surface area contributed by atoms with E-state index in [1.165, 1.54) is 0 Å². The number of fused-ring (bicyclic) bond motifs is 1. The van der Waals surface area contributed by atoms with Gasteiger partial charge in [-0.25, -0.2) is 14.6 Å². The molecule has 0 bridgehead atoms. The van der Waals surface area contributed by atoms with Gasteiger partial charge in [-0.2, -0.15) is 16.8 Å². The highest BCUT2D eigenvalue weighted by molar-refractivity contribution is 7.86. The van der Waals surface area contributed by atoms with E-state index in [9.17, 15) is 55.6 Å². The monoisotopic (exact) mass is 626 g/mol. The number of aromatic hydroxyl groups is 1. The second kappa shape index (κ2) is 10.3. The number of aromatic nitrogens is 1. The van der Waals surface area contributed by atoms with Gasteiger partial charge in [-0.1, -0.05) is 30.3 Å². The molecule has 1 aromatic heterocycles. The van der Waals surface area contributed by atoms with Crippen LogP contribution in [0.1, 0.15) is 47.8 Å². The Morgan fingerprint density at radius 1 is 0.744 bits per heavy atom. The van der Waals surface area contributed by atoms with E-state index in [0.29, 0.717) is 11.6 Å². The van der Waals surface area contributed by atoms with Crippen LogP contribution in [0.4, 0.5) is 0 Å². The fourth-order valence-electron chi connectivity index (χ4n) is 4.72. The van der Waals surface area contributed by atoms with Crippen LogP contribution in [0.25, 0.3) is 11.3 Å². The Balaban J connectivity index is 1.78. The third-order valence-electron chi connectivity index (χ3n) is 6.52. The van der Waals surface area contributed by atoms with Crippen molar-refractivity contribution < 1.29 is 55.6 Å². The minimum Gasteiger partial charge on any atom is -0.494 e. The Kier molecular flexibility index (Phi) is 7.01. The molecule has 1 aliphatic heterocycles. The lowest BCUT2D eigenvalue weighted by molar-refractivity contribution is 0.0696. The zero-order valence-electron chi connectivity index (χ0n) is 21.4. The smallest absolute Gasteiger partial charge is 0.335 e. The van der Waals surface area contributed by atoms with Crippen molar-refractivity contribution in [2.45, 2.75) is 16.3 Å². The Bertz CT molecular complexity index is 2050. The van der Waals surface area contributed by atoms with Crippen LogP contribution >= 0.6 is 0 Å². The first-order valence-corrected chi connectivity index (χ1v) is 14.8. The summed E-state index contributed by atoms with van der Waals surface area (Å²) < 4.78 is 67.7. The summed E-state index contributed by atoms with van der Waals surface area (Å²) in [6.45, 7) is -0.509. The molecule has 16 heteroatoms. The van der Waals surface area contributed by atoms with Crippen molar-refractivity contribution in [3.63, 3.8) is 0 Å². The summed E-state index contributed by atoms with van der Waals surface area (Å²) in [5.41, 5.74) is -1.30. The summed E-state index contributed by atoms with van der Waals surface area (Å²) in [4.78, 5) is 38.9. The number of amides is 1. The molecule has 0 saturated heterocycles. The molecule has 3 aromatic carbocycles. The molecule has 0 unspecified atom stereocenters. The molecule has 0 fully saturated rings. The van der Waals surface area contributed by atoms with Crippen molar-refractivity contribution in [2.24, 2.45) is 4.99 Å². The lowest BCUT2D eigenvalue weighted by Crippen LogP contribution is -2.10. The maximum Gasteiger partial charge on any atom is 0.335 e. The number of nitrogens with zero attached hydrogens (tertiary/aromatic N) is 2. The van der Waals surface area contributed by atoms with Crippen LogP contribution in [0.2, 0.25) is 0 Å². The van der Waals surface area contributed by atoms with Gasteiger partial charge in [-0.3, -0.25) is 13.9 Å². The number of hydrogen-bond acceptors (Lipinski definition) is 8. The minimum atomic E-state index is -4.96. The quantitative estimate of drug-likeness (QED) is 0.177. The Hall–Kier alpha value is -5.16. The van der Waals surface area contributed by atoms with Crippen LogP contribution in [0.3, 0.4) is 0 Å². The molecule has 2 heterocycles. The molecule has 43 heavy (non-hydrogen) atoms. The fraction of sp³-hybridized carbons (Fsp3) is 0.0370. The molecule has 1 aliphatic rings. The second-order valence-electron chi connectivity index (χ2n) is 9.31. The number of carbonyl (C=O) groups excluding carboxylic acids is 1. The second-order valence-corrected chi connectivity index (χ2v) is 12.2. The van der Waals surface area contributed by atoms with Crippen molar-refractivity contribution in [3.05, 3.63) is 100 Å². The van der Waals surface area contributed by atoms with Crippen LogP contribution in [0.15, 0.2) is 81.5 Å². The van der Waals surface area contributed by atoms with Crippen molar-refractivity contribution in [3.8, 4) is 17.1 Å². The van der Waals surface area contributed by atoms with E-state index in [0.717, 1.165) is 34.9 Å². The molecule has 0 spiro atoms. The minimum absolute atomic E-state index is 0.0513. The fourth-order valence-corrected chi connectivity index (χ4v) is 5.95. The van der Waals surface area contributed by atoms with Gasteiger partial charge in [0.1, 0.15) is 0 Å². The van der Waals surface area contributed by atoms with E-state index in [1.54, 1.807) is 30.3 Å². The highest BCUT2D eigenvalue weighted by atomic mass is 32.2. The van der Waals surface area contributed by atoms with Crippen molar-refractivity contribution in [2.75, 3.05) is 0 Å². The van der Waals surface area contributed by atoms with Crippen molar-refractivity contribution >= 4 is 43.8 Å². The molecule has 4 aromatic rings. The first kappa shape index (κ1) is 29.3. The summed E-state index contributed by atoms with van der Waals surface area (Å²) in [5.74, 6) is -4.44. The lowest BCUT2D eigenvalue weighted by atomic mass is 9.97. The first-order valence-electron chi connectivity index (χ1n) is 11.9. The Morgan fingerprint density at radius 2 is 1.28 bits per heavy atom. The SMILES string of the molecule is O=C(O)c1cc(C(=O)O)cc(C2=NC(=O)c3c2c(O)n(Cc2cc(S(=O)(=O)O)cc(S(=O)(=O)O)c2)c3-c2ccccc2)c1. The van der Waals surface area contributed by atoms with Gasteiger partial charge < -0.3 is 19.9 Å². The van der Waals surface area contributed by atoms with Crippen molar-refractivity contribution in [1.29, 1.82) is 0 Å². The zero-order valence-corrected chi connectivity index (χ0v) is 23.0. The number of carboxylic acids is 2. The normalized spacial score (nSPS) is 13.1. The van der Waals surface area contributed by atoms with Crippen LogP contribution < -0.4 is 0 Å². The predicted molar refractivity (Wildman–Crippen MR) is 147 cm³/mol. The number of benzene rings is 3. The molecule has 0 saturated carbocycles. The Morgan fingerprint density at radius 3 is 1.77 bits per heavy atom. The van der Waals surface area contributed by atoms with Gasteiger partial charge in [-0.05, 0) is 47.5 Å². The largest absolute Gasteiger partial charge is 0.494 e. The third-order valence-corrected chi connectivity index (χ3v) is 8.19. The molecular formula is C27H18N2O12S2. The Labute approximate surface area is 242 Å². The number of hydrogen-bond donors (Lipinski definition) is 5. The van der Waals surface area contributed by atoms with Crippen LogP contribution in [-0.2, 0) is 26.8 Å². The van der Waals surface area contributed by atoms with Gasteiger partial charge in [0.05, 0.1) is 50.0 Å². The van der Waals surface area contributed by atoms with E-state index in [2.05, 4.69) is 4.99 Å². The average Bonchev–Trinajstić information content (AvgIpc) is 3.42. The van der Waals surface area contributed by atoms with E-state index in [4.69, 9.17) is 0 Å². The lowest BCUT2D eigenvalue weighted by Gasteiger charge is -2.14. The molecular weight excluding hydrogens is 608 g/mol. The molecule has 0 atom stereocenters. The summed E-state index contributed by atoms with van der Waals surface area (Å²) in [7, 11) is -9.92. The summed E-state index contributed by atoms with van der Waals surface area (Å²) >= 11 is 0. The van der Waals surface area contributed by atoms with Gasteiger partial charge >= 0.3 is 11.9 Å². The molecule has 5 N–H and O–H groups in total. The van der Waals surface area contributed by atoms with E-state index in [-0.39, 0.29) is 33.7 Å². The van der Waals surface area contributed by atoms with Crippen LogP contribution in [0.5, 0.6) is 5.88 Å². The number of aliphatic imine (C=N–C) groups is 1. The van der Waals surface area contributed by atoms with Gasteiger partial charge in [0.25, 0.3) is 26.1 Å². The number of rotatable bonds is 8. The number of carboxylic acid groups (broad SMARTS) is 2. The average molecular weight is 627 g/mol. The van der Waals surface area contributed by atoms with Crippen molar-refractivity contribution in [1.82, 2.24) is 4.57 Å². The molecule has 1 amide bonds. The van der Waals surface area contributed by atoms with E-state index >= 15 is 0 Å². The van der Waals surface area contributed by atoms with Gasteiger partial charge in [0, 0.05) is 5.56 Å². The van der Waals surface area contributed by atoms with Crippen LogP contribution in [-0.4, -0.2) is 69.4 Å². The van der Waals surface area contributed by atoms with E-state index in [1.807, 2.05) is 0 Å². The molecule has 0 aliphatic carbocycles. The predicted octanol–water partition coefficient (Wildman–Crippen LogP) is 2.79. The molecule has 14 nitrogen and oxygen atoms in total. The summed E-state index contributed by atoms with van der Waals surface area (Å²) in [6.07, 6.45) is 0. The molecule has 220 valence electrons. The van der Waals surface area contributed by atoms with Gasteiger partial charge in [0.2, 0.25) is 5.88 Å². The third kappa shape index (κ3) is 5.42. The maximum atomic E-state index is 13.3. The number of carbonyl (C=O) groups is 3. The van der Waals surface area contributed by atoms with Gasteiger partial charge in [0.15, 0.2) is 0 Å². The standard InChI is InChI=1S/C27H18N2O12S2/c30-24-21-20(22(28-24)15-8-16(26(32)33)10-17(9-15)27(34)35)25(31)29(23(21)14-4-2-1-3-5-14)12-13-6-18(42(36,37)38)11-19(7-13)43(39,40)41/h1-11,31H,12H2,(H,32,33)(H,34,35)(H,36,37,38)(H,39,40,41). The molecule has 0 radical (unpaired) electrons. The van der Waals surface area contributed by atoms with Crippen LogP contribution in [0, 0.1) is 0 Å². The van der Waals surface area contributed by atoms with Gasteiger partial charge in [-0.15, -0.1) is 0 Å². The van der Waals surface area contributed by atoms with E-state index < -0.39 is 71.4 Å². The summed E-state index contributed by atoms with van der Waals surface area (Å²) in [5, 5.41) is 30.5. The first-order chi connectivity index (χ1) is 20.1. The topological polar surface area (TPSA) is 238 Å². The maximum absolute atomic E-state index is 13.3. The zero-order chi connectivity index (χ0) is 31.4.